The molecule has 0 aromatic heterocycles. The molecule has 1 aliphatic rings. The van der Waals surface area contributed by atoms with Gasteiger partial charge in [0.25, 0.3) is 5.91 Å². The highest BCUT2D eigenvalue weighted by molar-refractivity contribution is 5.81. The van der Waals surface area contributed by atoms with Gasteiger partial charge in [0.2, 0.25) is 5.91 Å². The largest absolute Gasteiger partial charge is 0.378 e. The van der Waals surface area contributed by atoms with Gasteiger partial charge in [-0.1, -0.05) is 19.8 Å². The van der Waals surface area contributed by atoms with Gasteiger partial charge in [-0.3, -0.25) is 14.8 Å². The van der Waals surface area contributed by atoms with E-state index in [1.807, 2.05) is 0 Å². The van der Waals surface area contributed by atoms with Gasteiger partial charge in [-0.25, -0.2) is 5.48 Å². The highest BCUT2D eigenvalue weighted by atomic mass is 16.5. The molecule has 98 valence electrons. The van der Waals surface area contributed by atoms with E-state index in [1.54, 1.807) is 5.48 Å². The number of hydroxylamine groups is 1. The molecule has 0 aromatic carbocycles. The van der Waals surface area contributed by atoms with E-state index in [-0.39, 0.29) is 18.6 Å². The van der Waals surface area contributed by atoms with Crippen LogP contribution >= 0.6 is 0 Å². The predicted molar refractivity (Wildman–Crippen MR) is 60.3 cm³/mol. The fourth-order valence-electron chi connectivity index (χ4n) is 1.85. The van der Waals surface area contributed by atoms with Crippen molar-refractivity contribution in [2.45, 2.75) is 38.6 Å². The van der Waals surface area contributed by atoms with Crippen LogP contribution in [0.25, 0.3) is 0 Å². The highest BCUT2D eigenvalue weighted by Gasteiger charge is 2.34. The van der Waals surface area contributed by atoms with Crippen LogP contribution in [0.1, 0.15) is 32.6 Å². The first-order chi connectivity index (χ1) is 8.19. The molecule has 0 saturated carbocycles. The SMILES string of the molecule is CCCCCC(=O)NC1COCC1C(=O)NO. The minimum atomic E-state index is -0.513. The summed E-state index contributed by atoms with van der Waals surface area (Å²) in [5, 5.41) is 11.3. The van der Waals surface area contributed by atoms with Crippen LogP contribution in [0.2, 0.25) is 0 Å². The van der Waals surface area contributed by atoms with Crippen LogP contribution in [-0.2, 0) is 14.3 Å². The van der Waals surface area contributed by atoms with Gasteiger partial charge in [0.15, 0.2) is 0 Å². The number of carbonyl (C=O) groups excluding carboxylic acids is 2. The average molecular weight is 244 g/mol. The van der Waals surface area contributed by atoms with Crippen molar-refractivity contribution in [3.63, 3.8) is 0 Å². The molecule has 0 bridgehead atoms. The van der Waals surface area contributed by atoms with E-state index in [1.165, 1.54) is 0 Å². The van der Waals surface area contributed by atoms with Crippen molar-refractivity contribution in [3.05, 3.63) is 0 Å². The molecule has 1 rings (SSSR count). The van der Waals surface area contributed by atoms with Crippen LogP contribution in [-0.4, -0.2) is 36.3 Å². The zero-order valence-electron chi connectivity index (χ0n) is 10.1. The number of ether oxygens (including phenoxy) is 1. The lowest BCUT2D eigenvalue weighted by molar-refractivity contribution is -0.134. The summed E-state index contributed by atoms with van der Waals surface area (Å²) in [5.74, 6) is -1.08. The number of rotatable bonds is 6. The first-order valence-corrected chi connectivity index (χ1v) is 6.00. The zero-order valence-corrected chi connectivity index (χ0v) is 10.1. The summed E-state index contributed by atoms with van der Waals surface area (Å²) in [7, 11) is 0. The molecule has 1 heterocycles. The fourth-order valence-corrected chi connectivity index (χ4v) is 1.85. The Morgan fingerprint density at radius 3 is 2.76 bits per heavy atom. The molecule has 1 aliphatic heterocycles. The summed E-state index contributed by atoms with van der Waals surface area (Å²) in [6, 6.07) is -0.337. The van der Waals surface area contributed by atoms with Gasteiger partial charge >= 0.3 is 0 Å². The standard InChI is InChI=1S/C11H20N2O4/c1-2-3-4-5-10(14)12-9-7-17-6-8(9)11(15)13-16/h8-9,16H,2-7H2,1H3,(H,12,14)(H,13,15). The van der Waals surface area contributed by atoms with Gasteiger partial charge in [-0.15, -0.1) is 0 Å². The van der Waals surface area contributed by atoms with Crippen LogP contribution in [0.5, 0.6) is 0 Å². The van der Waals surface area contributed by atoms with Crippen molar-refractivity contribution in [3.8, 4) is 0 Å². The van der Waals surface area contributed by atoms with Crippen molar-refractivity contribution in [1.29, 1.82) is 0 Å². The van der Waals surface area contributed by atoms with Gasteiger partial charge in [-0.2, -0.15) is 0 Å². The summed E-state index contributed by atoms with van der Waals surface area (Å²) in [6.45, 7) is 2.62. The molecule has 6 heteroatoms. The third kappa shape index (κ3) is 4.32. The van der Waals surface area contributed by atoms with E-state index >= 15 is 0 Å². The van der Waals surface area contributed by atoms with E-state index in [9.17, 15) is 9.59 Å². The summed E-state index contributed by atoms with van der Waals surface area (Å²) < 4.78 is 5.13. The zero-order chi connectivity index (χ0) is 12.7. The van der Waals surface area contributed by atoms with Crippen LogP contribution in [0, 0.1) is 5.92 Å². The van der Waals surface area contributed by atoms with Crippen molar-refractivity contribution < 1.29 is 19.5 Å². The number of amides is 2. The van der Waals surface area contributed by atoms with Crippen LogP contribution in [0.3, 0.4) is 0 Å². The Morgan fingerprint density at radius 2 is 2.12 bits per heavy atom. The van der Waals surface area contributed by atoms with Gasteiger partial charge in [-0.05, 0) is 6.42 Å². The Hall–Kier alpha value is -1.14. The molecule has 3 N–H and O–H groups in total. The molecule has 0 radical (unpaired) electrons. The molecule has 1 fully saturated rings. The average Bonchev–Trinajstić information content (AvgIpc) is 2.76. The van der Waals surface area contributed by atoms with E-state index in [4.69, 9.17) is 9.94 Å². The minimum Gasteiger partial charge on any atom is -0.378 e. The summed E-state index contributed by atoms with van der Waals surface area (Å²) in [6.07, 6.45) is 3.41. The first-order valence-electron chi connectivity index (χ1n) is 6.00. The predicted octanol–water partition coefficient (Wildman–Crippen LogP) is 0.203. The van der Waals surface area contributed by atoms with Crippen LogP contribution < -0.4 is 10.8 Å². The second kappa shape index (κ2) is 7.24. The second-order valence-electron chi connectivity index (χ2n) is 4.25. The lowest BCUT2D eigenvalue weighted by Gasteiger charge is -2.17. The minimum absolute atomic E-state index is 0.0651. The molecular weight excluding hydrogens is 224 g/mol. The third-order valence-electron chi connectivity index (χ3n) is 2.88. The highest BCUT2D eigenvalue weighted by Crippen LogP contribution is 2.14. The molecule has 0 aromatic rings. The van der Waals surface area contributed by atoms with Crippen LogP contribution in [0.15, 0.2) is 0 Å². The second-order valence-corrected chi connectivity index (χ2v) is 4.25. The van der Waals surface area contributed by atoms with Gasteiger partial charge in [0, 0.05) is 6.42 Å². The quantitative estimate of drug-likeness (QED) is 0.354. The van der Waals surface area contributed by atoms with E-state index in [0.29, 0.717) is 13.0 Å². The van der Waals surface area contributed by atoms with E-state index in [0.717, 1.165) is 19.3 Å². The Balaban J connectivity index is 2.34. The molecule has 2 unspecified atom stereocenters. The van der Waals surface area contributed by atoms with Crippen molar-refractivity contribution in [1.82, 2.24) is 10.8 Å². The summed E-state index contributed by atoms with van der Waals surface area (Å²) >= 11 is 0. The van der Waals surface area contributed by atoms with Gasteiger partial charge < -0.3 is 10.1 Å². The summed E-state index contributed by atoms with van der Waals surface area (Å²) in [4.78, 5) is 22.8. The Morgan fingerprint density at radius 1 is 1.35 bits per heavy atom. The van der Waals surface area contributed by atoms with Gasteiger partial charge in [0.05, 0.1) is 25.2 Å². The maximum Gasteiger partial charge on any atom is 0.250 e. The molecule has 0 spiro atoms. The number of carbonyl (C=O) groups is 2. The summed E-state index contributed by atoms with van der Waals surface area (Å²) in [5.41, 5.74) is 1.59. The molecule has 2 amide bonds. The Kier molecular flexibility index (Phi) is 5.93. The third-order valence-corrected chi connectivity index (χ3v) is 2.88. The molecular formula is C11H20N2O4. The first kappa shape index (κ1) is 13.9. The Bertz CT molecular complexity index is 270. The number of unbranched alkanes of at least 4 members (excludes halogenated alkanes) is 2. The van der Waals surface area contributed by atoms with Crippen molar-refractivity contribution in [2.24, 2.45) is 5.92 Å². The van der Waals surface area contributed by atoms with Crippen LogP contribution in [0.4, 0.5) is 0 Å². The van der Waals surface area contributed by atoms with Crippen molar-refractivity contribution in [2.75, 3.05) is 13.2 Å². The van der Waals surface area contributed by atoms with E-state index in [2.05, 4.69) is 12.2 Å². The lowest BCUT2D eigenvalue weighted by atomic mass is 10.0. The molecule has 6 nitrogen and oxygen atoms in total. The van der Waals surface area contributed by atoms with Gasteiger partial charge in [0.1, 0.15) is 0 Å². The smallest absolute Gasteiger partial charge is 0.250 e. The lowest BCUT2D eigenvalue weighted by Crippen LogP contribution is -2.45. The maximum absolute atomic E-state index is 11.6. The number of hydrogen-bond acceptors (Lipinski definition) is 4. The maximum atomic E-state index is 11.6. The number of nitrogens with one attached hydrogen (secondary N) is 2. The molecule has 0 aliphatic carbocycles. The topological polar surface area (TPSA) is 87.7 Å². The fraction of sp³-hybridized carbons (Fsp3) is 0.818. The van der Waals surface area contributed by atoms with E-state index < -0.39 is 11.8 Å². The molecule has 2 atom stereocenters. The Labute approximate surface area is 101 Å². The normalized spacial score (nSPS) is 23.4. The molecule has 1 saturated heterocycles. The van der Waals surface area contributed by atoms with Crippen molar-refractivity contribution >= 4 is 11.8 Å². The monoisotopic (exact) mass is 244 g/mol. The number of hydrogen-bond donors (Lipinski definition) is 3. The molecule has 17 heavy (non-hydrogen) atoms.